The average molecular weight is 435 g/mol. The Labute approximate surface area is 143 Å². The summed E-state index contributed by atoms with van der Waals surface area (Å²) in [6, 6.07) is 4.15. The summed E-state index contributed by atoms with van der Waals surface area (Å²) in [5, 5.41) is 20.8. The lowest BCUT2D eigenvalue weighted by atomic mass is 9.78. The first kappa shape index (κ1) is 17.4. The molecule has 0 bridgehead atoms. The molecule has 0 heterocycles. The first-order valence-corrected chi connectivity index (χ1v) is 7.52. The minimum Gasteiger partial charge on any atom is -0.481 e. The van der Waals surface area contributed by atoms with Crippen LogP contribution in [0.5, 0.6) is 0 Å². The van der Waals surface area contributed by atoms with Gasteiger partial charge in [0.2, 0.25) is 0 Å². The van der Waals surface area contributed by atoms with Crippen LogP contribution in [-0.2, 0) is 9.59 Å². The van der Waals surface area contributed by atoms with Crippen LogP contribution in [0.4, 0.5) is 14.5 Å². The summed E-state index contributed by atoms with van der Waals surface area (Å²) < 4.78 is 28.8. The van der Waals surface area contributed by atoms with E-state index in [9.17, 15) is 23.5 Å². The monoisotopic (exact) mass is 435 g/mol. The lowest BCUT2D eigenvalue weighted by Crippen LogP contribution is -2.32. The molecule has 0 spiro atoms. The summed E-state index contributed by atoms with van der Waals surface area (Å²) in [7, 11) is 0. The predicted molar refractivity (Wildman–Crippen MR) is 87.0 cm³/mol. The van der Waals surface area contributed by atoms with E-state index < -0.39 is 41.0 Å². The van der Waals surface area contributed by atoms with Crippen molar-refractivity contribution in [3.8, 4) is 0 Å². The average Bonchev–Trinajstić information content (AvgIpc) is 2.45. The molecular weight excluding hydrogens is 423 g/mol. The van der Waals surface area contributed by atoms with E-state index in [-0.39, 0.29) is 11.4 Å². The van der Waals surface area contributed by atoms with E-state index in [4.69, 9.17) is 5.11 Å². The molecule has 1 aliphatic rings. The molecule has 1 aliphatic carbocycles. The molecular formula is C15H12F2INO4. The number of nitrogens with one attached hydrogen (secondary N) is 1. The highest BCUT2D eigenvalue weighted by atomic mass is 127. The minimum absolute atomic E-state index is 0.0776. The molecule has 122 valence electrons. The molecule has 1 aromatic rings. The number of carbonyl (C=O) groups is 2. The van der Waals surface area contributed by atoms with Gasteiger partial charge in [0.15, 0.2) is 5.83 Å². The van der Waals surface area contributed by atoms with Crippen LogP contribution in [0.1, 0.15) is 13.3 Å². The predicted octanol–water partition coefficient (Wildman–Crippen LogP) is 3.53. The summed E-state index contributed by atoms with van der Waals surface area (Å²) in [6.07, 6.45) is 0.568. The zero-order valence-corrected chi connectivity index (χ0v) is 14.0. The molecule has 0 radical (unpaired) electrons. The lowest BCUT2D eigenvalue weighted by Gasteiger charge is -2.28. The summed E-state index contributed by atoms with van der Waals surface area (Å²) in [5.74, 6) is -4.61. The van der Waals surface area contributed by atoms with Gasteiger partial charge in [0.05, 0.1) is 22.4 Å². The Morgan fingerprint density at radius 2 is 1.96 bits per heavy atom. The van der Waals surface area contributed by atoms with Crippen LogP contribution < -0.4 is 5.32 Å². The third-order valence-electron chi connectivity index (χ3n) is 3.46. The van der Waals surface area contributed by atoms with Gasteiger partial charge in [0.1, 0.15) is 5.82 Å². The van der Waals surface area contributed by atoms with Crippen molar-refractivity contribution >= 4 is 40.2 Å². The van der Waals surface area contributed by atoms with Crippen molar-refractivity contribution in [2.45, 2.75) is 13.3 Å². The number of aliphatic carboxylic acids is 2. The van der Waals surface area contributed by atoms with Crippen LogP contribution in [0.15, 0.2) is 41.4 Å². The van der Waals surface area contributed by atoms with Crippen molar-refractivity contribution in [2.75, 3.05) is 5.32 Å². The number of halogens is 3. The van der Waals surface area contributed by atoms with E-state index in [1.165, 1.54) is 19.1 Å². The van der Waals surface area contributed by atoms with E-state index >= 15 is 0 Å². The molecule has 2 rings (SSSR count). The van der Waals surface area contributed by atoms with Crippen LogP contribution in [-0.4, -0.2) is 22.2 Å². The second-order valence-electron chi connectivity index (χ2n) is 5.30. The molecule has 1 aromatic carbocycles. The van der Waals surface area contributed by atoms with Gasteiger partial charge in [0.25, 0.3) is 0 Å². The van der Waals surface area contributed by atoms with Crippen LogP contribution in [0.25, 0.3) is 0 Å². The first-order chi connectivity index (χ1) is 10.6. The van der Waals surface area contributed by atoms with Gasteiger partial charge in [-0.05, 0) is 53.8 Å². The summed E-state index contributed by atoms with van der Waals surface area (Å²) >= 11 is 1.90. The van der Waals surface area contributed by atoms with Crippen LogP contribution in [0.2, 0.25) is 0 Å². The number of hydrogen-bond donors (Lipinski definition) is 3. The van der Waals surface area contributed by atoms with Gasteiger partial charge in [-0.2, -0.15) is 0 Å². The van der Waals surface area contributed by atoms with Crippen molar-refractivity contribution in [1.82, 2.24) is 0 Å². The standard InChI is InChI=1S/C15H12F2INO4/c1-15(14(22)23)5-8(13(20)21)12(17)11(6-15)19-10-3-2-7(18)4-9(10)16/h2-4,6,19H,5H2,1H3,(H,20,21)(H,22,23). The Balaban J connectivity index is 2.49. The second-order valence-corrected chi connectivity index (χ2v) is 6.55. The van der Waals surface area contributed by atoms with Crippen molar-refractivity contribution in [1.29, 1.82) is 0 Å². The molecule has 3 N–H and O–H groups in total. The number of hydrogen-bond acceptors (Lipinski definition) is 3. The van der Waals surface area contributed by atoms with Crippen LogP contribution in [0.3, 0.4) is 0 Å². The summed E-state index contributed by atoms with van der Waals surface area (Å²) in [4.78, 5) is 22.5. The van der Waals surface area contributed by atoms with Crippen molar-refractivity contribution < 1.29 is 28.6 Å². The Morgan fingerprint density at radius 3 is 2.48 bits per heavy atom. The van der Waals surface area contributed by atoms with Gasteiger partial charge in [-0.25, -0.2) is 13.6 Å². The Morgan fingerprint density at radius 1 is 1.30 bits per heavy atom. The molecule has 0 aromatic heterocycles. The molecule has 23 heavy (non-hydrogen) atoms. The highest BCUT2D eigenvalue weighted by Gasteiger charge is 2.40. The van der Waals surface area contributed by atoms with E-state index in [1.807, 2.05) is 22.6 Å². The number of rotatable bonds is 4. The zero-order valence-electron chi connectivity index (χ0n) is 11.9. The van der Waals surface area contributed by atoms with E-state index in [0.29, 0.717) is 3.57 Å². The highest BCUT2D eigenvalue weighted by molar-refractivity contribution is 14.1. The maximum absolute atomic E-state index is 14.3. The Kier molecular flexibility index (Phi) is 4.73. The molecule has 0 saturated heterocycles. The first-order valence-electron chi connectivity index (χ1n) is 6.44. The normalized spacial score (nSPS) is 21.0. The van der Waals surface area contributed by atoms with E-state index in [1.54, 1.807) is 6.07 Å². The third kappa shape index (κ3) is 3.52. The fraction of sp³-hybridized carbons (Fsp3) is 0.200. The van der Waals surface area contributed by atoms with Gasteiger partial charge in [-0.15, -0.1) is 0 Å². The quantitative estimate of drug-likeness (QED) is 0.631. The van der Waals surface area contributed by atoms with Crippen molar-refractivity contribution in [3.05, 3.63) is 50.8 Å². The molecule has 1 unspecified atom stereocenters. The number of allylic oxidation sites excluding steroid dienone is 1. The maximum Gasteiger partial charge on any atom is 0.334 e. The van der Waals surface area contributed by atoms with Gasteiger partial charge in [0, 0.05) is 9.99 Å². The topological polar surface area (TPSA) is 86.6 Å². The highest BCUT2D eigenvalue weighted by Crippen LogP contribution is 2.39. The smallest absolute Gasteiger partial charge is 0.334 e. The zero-order chi connectivity index (χ0) is 17.4. The third-order valence-corrected chi connectivity index (χ3v) is 4.13. The van der Waals surface area contributed by atoms with E-state index in [2.05, 4.69) is 5.32 Å². The molecule has 1 atom stereocenters. The Bertz CT molecular complexity index is 760. The number of carboxylic acid groups (broad SMARTS) is 2. The molecule has 0 amide bonds. The summed E-state index contributed by atoms with van der Waals surface area (Å²) in [6.45, 7) is 1.27. The van der Waals surface area contributed by atoms with Crippen LogP contribution >= 0.6 is 22.6 Å². The Hall–Kier alpha value is -1.97. The summed E-state index contributed by atoms with van der Waals surface area (Å²) in [5.41, 5.74) is -2.72. The van der Waals surface area contributed by atoms with Crippen molar-refractivity contribution in [3.63, 3.8) is 0 Å². The second kappa shape index (κ2) is 6.26. The van der Waals surface area contributed by atoms with E-state index in [0.717, 1.165) is 6.08 Å². The van der Waals surface area contributed by atoms with Gasteiger partial charge in [-0.1, -0.05) is 0 Å². The maximum atomic E-state index is 14.3. The van der Waals surface area contributed by atoms with Crippen molar-refractivity contribution in [2.24, 2.45) is 5.41 Å². The number of carboxylic acids is 2. The molecule has 0 aliphatic heterocycles. The number of benzene rings is 1. The molecule has 5 nitrogen and oxygen atoms in total. The lowest BCUT2D eigenvalue weighted by molar-refractivity contribution is -0.145. The van der Waals surface area contributed by atoms with Gasteiger partial charge in [-0.3, -0.25) is 4.79 Å². The SMILES string of the molecule is CC1(C(=O)O)C=C(Nc2ccc(I)cc2F)C(F)=C(C(=O)O)C1. The molecule has 0 saturated carbocycles. The number of anilines is 1. The minimum atomic E-state index is -1.61. The van der Waals surface area contributed by atoms with Crippen LogP contribution in [0, 0.1) is 14.8 Å². The van der Waals surface area contributed by atoms with Gasteiger partial charge < -0.3 is 15.5 Å². The fourth-order valence-electron chi connectivity index (χ4n) is 2.17. The molecule has 0 fully saturated rings. The largest absolute Gasteiger partial charge is 0.481 e. The molecule has 8 heteroatoms. The van der Waals surface area contributed by atoms with Gasteiger partial charge >= 0.3 is 11.9 Å². The fourth-order valence-corrected chi connectivity index (χ4v) is 2.63.